The molecule has 120 valence electrons. The van der Waals surface area contributed by atoms with Crippen LogP contribution in [0, 0.1) is 6.92 Å². The van der Waals surface area contributed by atoms with Crippen LogP contribution in [0.1, 0.15) is 47.2 Å². The first-order valence-corrected chi connectivity index (χ1v) is 8.18. The summed E-state index contributed by atoms with van der Waals surface area (Å²) in [6.07, 6.45) is 10.1. The van der Waals surface area contributed by atoms with Crippen molar-refractivity contribution in [1.29, 1.82) is 0 Å². The van der Waals surface area contributed by atoms with Gasteiger partial charge in [0.15, 0.2) is 0 Å². The van der Waals surface area contributed by atoms with Crippen molar-refractivity contribution in [3.05, 3.63) is 83.0 Å². The molecule has 0 amide bonds. The van der Waals surface area contributed by atoms with Gasteiger partial charge >= 0.3 is 0 Å². The van der Waals surface area contributed by atoms with Crippen LogP contribution in [0.5, 0.6) is 11.5 Å². The number of hydrogen-bond acceptors (Lipinski definition) is 1. The second-order valence-electron chi connectivity index (χ2n) is 5.90. The zero-order valence-corrected chi connectivity index (χ0v) is 14.5. The summed E-state index contributed by atoms with van der Waals surface area (Å²) in [5.74, 6) is 1.75. The average molecular weight is 314 g/mol. The normalized spacial score (nSPS) is 13.0. The van der Waals surface area contributed by atoms with Crippen LogP contribution in [-0.2, 0) is 0 Å². The summed E-state index contributed by atoms with van der Waals surface area (Å²) in [6, 6.07) is 8.36. The Kier molecular flexibility index (Phi) is 4.26. The van der Waals surface area contributed by atoms with Gasteiger partial charge in [-0.15, -0.1) is 0 Å². The standard InChI is InChI=1S/C23H22O/c1-6-9-18-15(4)11-13-19-16(5)20-14-12-17(8-3)21(10-7-2)23(20)24-22(18)19/h6-14H,3,5H2,1-2,4H3/b9-6-,10-7-. The molecule has 0 unspecified atom stereocenters. The number of ether oxygens (including phenoxy) is 1. The lowest BCUT2D eigenvalue weighted by molar-refractivity contribution is 0.471. The summed E-state index contributed by atoms with van der Waals surface area (Å²) in [5, 5.41) is 0. The molecule has 0 bridgehead atoms. The second-order valence-corrected chi connectivity index (χ2v) is 5.90. The van der Waals surface area contributed by atoms with Crippen molar-refractivity contribution in [2.75, 3.05) is 0 Å². The van der Waals surface area contributed by atoms with E-state index in [2.05, 4.69) is 56.5 Å². The minimum Gasteiger partial charge on any atom is -0.455 e. The monoisotopic (exact) mass is 314 g/mol. The topological polar surface area (TPSA) is 9.23 Å². The van der Waals surface area contributed by atoms with E-state index in [-0.39, 0.29) is 0 Å². The van der Waals surface area contributed by atoms with E-state index in [4.69, 9.17) is 4.74 Å². The highest BCUT2D eigenvalue weighted by molar-refractivity contribution is 5.92. The molecule has 24 heavy (non-hydrogen) atoms. The van der Waals surface area contributed by atoms with E-state index in [1.54, 1.807) is 0 Å². The third-order valence-electron chi connectivity index (χ3n) is 4.38. The van der Waals surface area contributed by atoms with Crippen molar-refractivity contribution in [2.45, 2.75) is 20.8 Å². The predicted octanol–water partition coefficient (Wildman–Crippen LogP) is 6.87. The van der Waals surface area contributed by atoms with E-state index in [1.165, 1.54) is 5.56 Å². The lowest BCUT2D eigenvalue weighted by Gasteiger charge is -2.27. The lowest BCUT2D eigenvalue weighted by atomic mass is 9.89. The van der Waals surface area contributed by atoms with E-state index in [9.17, 15) is 0 Å². The van der Waals surface area contributed by atoms with Crippen LogP contribution in [0.3, 0.4) is 0 Å². The highest BCUT2D eigenvalue weighted by Gasteiger charge is 2.25. The molecule has 0 saturated carbocycles. The van der Waals surface area contributed by atoms with E-state index < -0.39 is 0 Å². The molecule has 0 atom stereocenters. The van der Waals surface area contributed by atoms with Gasteiger partial charge in [-0.3, -0.25) is 0 Å². The molecule has 0 spiro atoms. The molecule has 1 aliphatic heterocycles. The predicted molar refractivity (Wildman–Crippen MR) is 105 cm³/mol. The van der Waals surface area contributed by atoms with Crippen molar-refractivity contribution in [3.8, 4) is 11.5 Å². The molecular formula is C23H22O. The summed E-state index contributed by atoms with van der Waals surface area (Å²) >= 11 is 0. The summed E-state index contributed by atoms with van der Waals surface area (Å²) in [6.45, 7) is 14.4. The Hall–Kier alpha value is -2.80. The zero-order chi connectivity index (χ0) is 17.3. The SMILES string of the molecule is C=Cc1ccc2c(c1/C=C\C)Oc1c(ccc(C)c1/C=C\C)C2=C. The fourth-order valence-corrected chi connectivity index (χ4v) is 3.15. The quantitative estimate of drug-likeness (QED) is 0.512. The van der Waals surface area contributed by atoms with E-state index in [0.717, 1.165) is 44.9 Å². The van der Waals surface area contributed by atoms with Gasteiger partial charge in [0.1, 0.15) is 11.5 Å². The number of fused-ring (bicyclic) bond motifs is 2. The Morgan fingerprint density at radius 2 is 1.46 bits per heavy atom. The Morgan fingerprint density at radius 3 is 2.08 bits per heavy atom. The molecular weight excluding hydrogens is 292 g/mol. The average Bonchev–Trinajstić information content (AvgIpc) is 2.58. The number of allylic oxidation sites excluding steroid dienone is 2. The zero-order valence-electron chi connectivity index (χ0n) is 14.5. The van der Waals surface area contributed by atoms with Gasteiger partial charge < -0.3 is 4.74 Å². The first-order valence-electron chi connectivity index (χ1n) is 8.18. The lowest BCUT2D eigenvalue weighted by Crippen LogP contribution is -2.06. The number of benzene rings is 2. The summed E-state index contributed by atoms with van der Waals surface area (Å²) in [4.78, 5) is 0. The van der Waals surface area contributed by atoms with Crippen molar-refractivity contribution in [1.82, 2.24) is 0 Å². The number of rotatable bonds is 3. The van der Waals surface area contributed by atoms with Gasteiger partial charge in [-0.25, -0.2) is 0 Å². The fourth-order valence-electron chi connectivity index (χ4n) is 3.15. The van der Waals surface area contributed by atoms with Gasteiger partial charge in [0, 0.05) is 22.3 Å². The van der Waals surface area contributed by atoms with Crippen molar-refractivity contribution < 1.29 is 4.74 Å². The molecule has 0 aromatic heterocycles. The number of hydrogen-bond donors (Lipinski definition) is 0. The molecule has 1 heteroatoms. The molecule has 0 N–H and O–H groups in total. The van der Waals surface area contributed by atoms with E-state index in [0.29, 0.717) is 0 Å². The molecule has 2 aromatic rings. The minimum atomic E-state index is 0.861. The van der Waals surface area contributed by atoms with Gasteiger partial charge in [-0.1, -0.05) is 61.7 Å². The summed E-state index contributed by atoms with van der Waals surface area (Å²) in [7, 11) is 0. The summed E-state index contributed by atoms with van der Waals surface area (Å²) < 4.78 is 6.43. The van der Waals surface area contributed by atoms with Crippen molar-refractivity contribution in [2.24, 2.45) is 0 Å². The molecule has 0 aliphatic carbocycles. The molecule has 0 fully saturated rings. The van der Waals surface area contributed by atoms with Crippen LogP contribution < -0.4 is 4.74 Å². The molecule has 0 radical (unpaired) electrons. The van der Waals surface area contributed by atoms with Gasteiger partial charge in [-0.2, -0.15) is 0 Å². The largest absolute Gasteiger partial charge is 0.455 e. The van der Waals surface area contributed by atoms with Gasteiger partial charge in [-0.05, 0) is 43.5 Å². The molecule has 3 rings (SSSR count). The first-order chi connectivity index (χ1) is 11.6. The third-order valence-corrected chi connectivity index (χ3v) is 4.38. The third kappa shape index (κ3) is 2.43. The van der Waals surface area contributed by atoms with Crippen LogP contribution in [0.25, 0.3) is 23.8 Å². The Bertz CT molecular complexity index is 895. The second kappa shape index (κ2) is 6.37. The smallest absolute Gasteiger partial charge is 0.143 e. The minimum absolute atomic E-state index is 0.861. The Morgan fingerprint density at radius 1 is 0.875 bits per heavy atom. The molecule has 2 aromatic carbocycles. The van der Waals surface area contributed by atoms with Gasteiger partial charge in [0.25, 0.3) is 0 Å². The highest BCUT2D eigenvalue weighted by Crippen LogP contribution is 2.48. The van der Waals surface area contributed by atoms with E-state index in [1.807, 2.05) is 32.1 Å². The first kappa shape index (κ1) is 16.1. The van der Waals surface area contributed by atoms with Crippen LogP contribution in [-0.4, -0.2) is 0 Å². The van der Waals surface area contributed by atoms with E-state index >= 15 is 0 Å². The highest BCUT2D eigenvalue weighted by atomic mass is 16.5. The fraction of sp³-hybridized carbons (Fsp3) is 0.130. The van der Waals surface area contributed by atoms with Crippen molar-refractivity contribution >= 4 is 23.8 Å². The van der Waals surface area contributed by atoms with Gasteiger partial charge in [0.05, 0.1) is 0 Å². The van der Waals surface area contributed by atoms with Crippen LogP contribution in [0.15, 0.2) is 49.6 Å². The Labute approximate surface area is 144 Å². The van der Waals surface area contributed by atoms with Crippen LogP contribution in [0.2, 0.25) is 0 Å². The van der Waals surface area contributed by atoms with Crippen LogP contribution >= 0.6 is 0 Å². The molecule has 0 saturated heterocycles. The maximum Gasteiger partial charge on any atom is 0.143 e. The maximum absolute atomic E-state index is 6.43. The van der Waals surface area contributed by atoms with Crippen molar-refractivity contribution in [3.63, 3.8) is 0 Å². The molecule has 1 aliphatic rings. The van der Waals surface area contributed by atoms with Crippen LogP contribution in [0.4, 0.5) is 0 Å². The maximum atomic E-state index is 6.43. The molecule has 1 heterocycles. The number of aryl methyl sites for hydroxylation is 1. The Balaban J connectivity index is 2.31. The summed E-state index contributed by atoms with van der Waals surface area (Å²) in [5.41, 5.74) is 7.50. The molecule has 1 nitrogen and oxygen atoms in total. The van der Waals surface area contributed by atoms with Gasteiger partial charge in [0.2, 0.25) is 0 Å².